The topological polar surface area (TPSA) is 15.3 Å². The summed E-state index contributed by atoms with van der Waals surface area (Å²) < 4.78 is 0. The third-order valence-electron chi connectivity index (χ3n) is 3.16. The monoisotopic (exact) mass is 198 g/mol. The molecule has 84 valence electrons. The van der Waals surface area contributed by atoms with Crippen LogP contribution in [0.2, 0.25) is 0 Å². The predicted octanol–water partition coefficient (Wildman–Crippen LogP) is 2.25. The first-order valence-electron chi connectivity index (χ1n) is 6.32. The van der Waals surface area contributed by atoms with Gasteiger partial charge in [0, 0.05) is 6.04 Å². The molecule has 14 heavy (non-hydrogen) atoms. The van der Waals surface area contributed by atoms with Crippen LogP contribution in [0, 0.1) is 0 Å². The molecule has 1 fully saturated rings. The second-order valence-electron chi connectivity index (χ2n) is 4.38. The second-order valence-corrected chi connectivity index (χ2v) is 4.38. The van der Waals surface area contributed by atoms with E-state index in [1.165, 1.54) is 51.7 Å². The van der Waals surface area contributed by atoms with Crippen LogP contribution >= 0.6 is 0 Å². The van der Waals surface area contributed by atoms with Gasteiger partial charge in [0.1, 0.15) is 0 Å². The molecule has 1 aliphatic heterocycles. The highest BCUT2D eigenvalue weighted by atomic mass is 15.1. The van der Waals surface area contributed by atoms with Crippen LogP contribution in [-0.4, -0.2) is 37.1 Å². The maximum absolute atomic E-state index is 3.55. The highest BCUT2D eigenvalue weighted by Crippen LogP contribution is 2.11. The zero-order chi connectivity index (χ0) is 10.2. The first-order chi connectivity index (χ1) is 6.86. The molecule has 0 saturated carbocycles. The Kier molecular flexibility index (Phi) is 6.20. The van der Waals surface area contributed by atoms with Crippen molar-refractivity contribution in [2.75, 3.05) is 26.2 Å². The molecular formula is C12H26N2. The highest BCUT2D eigenvalue weighted by molar-refractivity contribution is 4.76. The molecule has 2 heteroatoms. The predicted molar refractivity (Wildman–Crippen MR) is 62.7 cm³/mol. The average molecular weight is 198 g/mol. The van der Waals surface area contributed by atoms with Gasteiger partial charge in [-0.3, -0.25) is 0 Å². The smallest absolute Gasteiger partial charge is 0.00912 e. The molecule has 1 N–H and O–H groups in total. The second kappa shape index (κ2) is 7.24. The van der Waals surface area contributed by atoms with E-state index < -0.39 is 0 Å². The van der Waals surface area contributed by atoms with Crippen molar-refractivity contribution < 1.29 is 0 Å². The van der Waals surface area contributed by atoms with Crippen LogP contribution < -0.4 is 5.32 Å². The van der Waals surface area contributed by atoms with Crippen LogP contribution in [0.4, 0.5) is 0 Å². The Morgan fingerprint density at radius 2 is 1.86 bits per heavy atom. The summed E-state index contributed by atoms with van der Waals surface area (Å²) in [7, 11) is 0. The lowest BCUT2D eigenvalue weighted by Gasteiger charge is -2.32. The van der Waals surface area contributed by atoms with Gasteiger partial charge in [-0.15, -0.1) is 0 Å². The fourth-order valence-corrected chi connectivity index (χ4v) is 2.23. The normalized spacial score (nSPS) is 20.1. The number of hydrogen-bond donors (Lipinski definition) is 1. The molecule has 0 aliphatic carbocycles. The molecule has 1 saturated heterocycles. The molecule has 0 amide bonds. The Morgan fingerprint density at radius 1 is 1.14 bits per heavy atom. The highest BCUT2D eigenvalue weighted by Gasteiger charge is 2.17. The van der Waals surface area contributed by atoms with E-state index in [2.05, 4.69) is 24.1 Å². The molecule has 1 aliphatic rings. The summed E-state index contributed by atoms with van der Waals surface area (Å²) in [5, 5.41) is 3.55. The third kappa shape index (κ3) is 4.43. The molecule has 1 heterocycles. The Balaban J connectivity index is 2.03. The van der Waals surface area contributed by atoms with Gasteiger partial charge in [0.15, 0.2) is 0 Å². The summed E-state index contributed by atoms with van der Waals surface area (Å²) in [4.78, 5) is 2.63. The summed E-state index contributed by atoms with van der Waals surface area (Å²) in [6.07, 6.45) is 6.82. The minimum Gasteiger partial charge on any atom is -0.314 e. The molecule has 1 rings (SSSR count). The molecule has 0 aromatic rings. The van der Waals surface area contributed by atoms with E-state index in [0.717, 1.165) is 12.6 Å². The first-order valence-corrected chi connectivity index (χ1v) is 6.32. The summed E-state index contributed by atoms with van der Waals surface area (Å²) in [6.45, 7) is 9.54. The molecule has 0 radical (unpaired) electrons. The van der Waals surface area contributed by atoms with Crippen molar-refractivity contribution in [2.45, 2.75) is 52.0 Å². The number of unbranched alkanes of at least 4 members (excludes halogenated alkanes) is 2. The molecule has 0 unspecified atom stereocenters. The van der Waals surface area contributed by atoms with Gasteiger partial charge >= 0.3 is 0 Å². The summed E-state index contributed by atoms with van der Waals surface area (Å²) in [5.41, 5.74) is 0. The summed E-state index contributed by atoms with van der Waals surface area (Å²) in [5.74, 6) is 0. The van der Waals surface area contributed by atoms with E-state index in [0.29, 0.717) is 0 Å². The zero-order valence-corrected chi connectivity index (χ0v) is 9.89. The molecule has 0 spiro atoms. The van der Waals surface area contributed by atoms with Gasteiger partial charge in [0.05, 0.1) is 0 Å². The van der Waals surface area contributed by atoms with Crippen molar-refractivity contribution in [1.82, 2.24) is 10.2 Å². The van der Waals surface area contributed by atoms with Crippen LogP contribution in [0.25, 0.3) is 0 Å². The average Bonchev–Trinajstić information content (AvgIpc) is 2.21. The lowest BCUT2D eigenvalue weighted by atomic mass is 10.0. The molecule has 0 aromatic carbocycles. The van der Waals surface area contributed by atoms with E-state index in [1.54, 1.807) is 0 Å². The minimum absolute atomic E-state index is 0.794. The van der Waals surface area contributed by atoms with Gasteiger partial charge in [-0.2, -0.15) is 0 Å². The number of rotatable bonds is 6. The van der Waals surface area contributed by atoms with Crippen LogP contribution in [0.1, 0.15) is 46.0 Å². The van der Waals surface area contributed by atoms with Crippen LogP contribution in [0.15, 0.2) is 0 Å². The van der Waals surface area contributed by atoms with E-state index in [1.807, 2.05) is 0 Å². The number of nitrogens with one attached hydrogen (secondary N) is 1. The lowest BCUT2D eigenvalue weighted by molar-refractivity contribution is 0.196. The van der Waals surface area contributed by atoms with Crippen LogP contribution in [0.5, 0.6) is 0 Å². The van der Waals surface area contributed by atoms with Gasteiger partial charge in [0.2, 0.25) is 0 Å². The van der Waals surface area contributed by atoms with Crippen LogP contribution in [-0.2, 0) is 0 Å². The maximum atomic E-state index is 3.55. The first kappa shape index (κ1) is 12.0. The van der Waals surface area contributed by atoms with E-state index in [9.17, 15) is 0 Å². The molecule has 2 nitrogen and oxygen atoms in total. The van der Waals surface area contributed by atoms with Gasteiger partial charge in [-0.1, -0.05) is 26.7 Å². The van der Waals surface area contributed by atoms with E-state index >= 15 is 0 Å². The Hall–Kier alpha value is -0.0800. The van der Waals surface area contributed by atoms with Crippen LogP contribution in [0.3, 0.4) is 0 Å². The fraction of sp³-hybridized carbons (Fsp3) is 1.00. The summed E-state index contributed by atoms with van der Waals surface area (Å²) in [6, 6.07) is 0.794. The Bertz CT molecular complexity index is 128. The lowest BCUT2D eigenvalue weighted by Crippen LogP contribution is -2.42. The number of hydrogen-bond acceptors (Lipinski definition) is 2. The standard InChI is InChI=1S/C12H26N2/c1-3-5-6-9-14-10-7-12(8-11-14)13-4-2/h12-13H,3-11H2,1-2H3. The Labute approximate surface area is 89.1 Å². The maximum Gasteiger partial charge on any atom is 0.00912 e. The van der Waals surface area contributed by atoms with Crippen molar-refractivity contribution in [3.8, 4) is 0 Å². The SMILES string of the molecule is CCCCCN1CCC(NCC)CC1. The van der Waals surface area contributed by atoms with Crippen molar-refractivity contribution >= 4 is 0 Å². The quantitative estimate of drug-likeness (QED) is 0.659. The summed E-state index contributed by atoms with van der Waals surface area (Å²) >= 11 is 0. The number of likely N-dealkylation sites (tertiary alicyclic amines) is 1. The van der Waals surface area contributed by atoms with Gasteiger partial charge in [-0.25, -0.2) is 0 Å². The van der Waals surface area contributed by atoms with Gasteiger partial charge < -0.3 is 10.2 Å². The van der Waals surface area contributed by atoms with Gasteiger partial charge in [0.25, 0.3) is 0 Å². The van der Waals surface area contributed by atoms with Crippen molar-refractivity contribution in [3.63, 3.8) is 0 Å². The molecule has 0 atom stereocenters. The van der Waals surface area contributed by atoms with E-state index in [4.69, 9.17) is 0 Å². The Morgan fingerprint density at radius 3 is 2.43 bits per heavy atom. The molecule has 0 bridgehead atoms. The van der Waals surface area contributed by atoms with Gasteiger partial charge in [-0.05, 0) is 45.4 Å². The largest absolute Gasteiger partial charge is 0.314 e. The number of piperidine rings is 1. The van der Waals surface area contributed by atoms with E-state index in [-0.39, 0.29) is 0 Å². The van der Waals surface area contributed by atoms with Crippen molar-refractivity contribution in [3.05, 3.63) is 0 Å². The molecular weight excluding hydrogens is 172 g/mol. The minimum atomic E-state index is 0.794. The number of nitrogens with zero attached hydrogens (tertiary/aromatic N) is 1. The van der Waals surface area contributed by atoms with Crippen molar-refractivity contribution in [1.29, 1.82) is 0 Å². The third-order valence-corrected chi connectivity index (χ3v) is 3.16. The zero-order valence-electron chi connectivity index (χ0n) is 9.89. The molecule has 0 aromatic heterocycles. The van der Waals surface area contributed by atoms with Crippen molar-refractivity contribution in [2.24, 2.45) is 0 Å². The fourth-order valence-electron chi connectivity index (χ4n) is 2.23.